The molecule has 0 fully saturated rings. The topological polar surface area (TPSA) is 55.1 Å². The van der Waals surface area contributed by atoms with E-state index in [1.54, 1.807) is 11.8 Å². The maximum Gasteiger partial charge on any atom is 0.230 e. The zero-order valence-corrected chi connectivity index (χ0v) is 10.3. The number of rotatable bonds is 6. The van der Waals surface area contributed by atoms with Gasteiger partial charge in [-0.05, 0) is 12.5 Å². The van der Waals surface area contributed by atoms with Gasteiger partial charge in [0, 0.05) is 18.8 Å². The Morgan fingerprint density at radius 2 is 2.31 bits per heavy atom. The molecule has 1 amide bonds. The molecular formula is C12H18N2OS. The van der Waals surface area contributed by atoms with Crippen LogP contribution in [0.5, 0.6) is 0 Å². The van der Waals surface area contributed by atoms with Crippen molar-refractivity contribution in [3.63, 3.8) is 0 Å². The molecule has 3 nitrogen and oxygen atoms in total. The summed E-state index contributed by atoms with van der Waals surface area (Å²) in [5.41, 5.74) is 7.81. The fourth-order valence-electron chi connectivity index (χ4n) is 1.33. The third kappa shape index (κ3) is 5.19. The Hall–Kier alpha value is -1.00. The van der Waals surface area contributed by atoms with Crippen LogP contribution in [0.25, 0.3) is 0 Å². The van der Waals surface area contributed by atoms with Crippen LogP contribution >= 0.6 is 11.8 Å². The van der Waals surface area contributed by atoms with E-state index in [0.29, 0.717) is 18.8 Å². The number of benzene rings is 1. The Morgan fingerprint density at radius 1 is 1.50 bits per heavy atom. The quantitative estimate of drug-likeness (QED) is 0.785. The van der Waals surface area contributed by atoms with Crippen LogP contribution in [0.3, 0.4) is 0 Å². The highest BCUT2D eigenvalue weighted by molar-refractivity contribution is 7.99. The molecule has 0 aliphatic heterocycles. The van der Waals surface area contributed by atoms with Gasteiger partial charge in [0.25, 0.3) is 0 Å². The summed E-state index contributed by atoms with van der Waals surface area (Å²) in [7, 11) is 0. The minimum absolute atomic E-state index is 0.0584. The first-order valence-corrected chi connectivity index (χ1v) is 6.48. The Bertz CT molecular complexity index is 342. The van der Waals surface area contributed by atoms with Gasteiger partial charge in [-0.25, -0.2) is 0 Å². The van der Waals surface area contributed by atoms with Crippen LogP contribution in [0.15, 0.2) is 24.3 Å². The van der Waals surface area contributed by atoms with E-state index in [-0.39, 0.29) is 5.91 Å². The minimum atomic E-state index is 0.0584. The van der Waals surface area contributed by atoms with E-state index >= 15 is 0 Å². The molecule has 0 radical (unpaired) electrons. The first-order valence-electron chi connectivity index (χ1n) is 5.32. The van der Waals surface area contributed by atoms with Crippen molar-refractivity contribution in [2.75, 3.05) is 18.8 Å². The molecule has 4 heteroatoms. The number of nitrogens with one attached hydrogen (secondary N) is 1. The Labute approximate surface area is 101 Å². The van der Waals surface area contributed by atoms with Crippen molar-refractivity contribution in [1.29, 1.82) is 0 Å². The highest BCUT2D eigenvalue weighted by atomic mass is 32.2. The van der Waals surface area contributed by atoms with Gasteiger partial charge in [-0.3, -0.25) is 4.79 Å². The lowest BCUT2D eigenvalue weighted by Crippen LogP contribution is -2.30. The molecule has 0 atom stereocenters. The van der Waals surface area contributed by atoms with E-state index in [0.717, 1.165) is 5.75 Å². The van der Waals surface area contributed by atoms with Crippen molar-refractivity contribution in [2.45, 2.75) is 12.7 Å². The van der Waals surface area contributed by atoms with Gasteiger partial charge in [-0.2, -0.15) is 0 Å². The summed E-state index contributed by atoms with van der Waals surface area (Å²) >= 11 is 1.62. The molecule has 1 aromatic carbocycles. The molecule has 88 valence electrons. The molecular weight excluding hydrogens is 220 g/mol. The molecule has 0 aliphatic rings. The molecule has 0 saturated carbocycles. The highest BCUT2D eigenvalue weighted by Gasteiger charge is 2.00. The van der Waals surface area contributed by atoms with E-state index < -0.39 is 0 Å². The number of carbonyl (C=O) groups is 1. The molecule has 1 rings (SSSR count). The fraction of sp³-hybridized carbons (Fsp3) is 0.417. The van der Waals surface area contributed by atoms with Crippen molar-refractivity contribution < 1.29 is 4.79 Å². The highest BCUT2D eigenvalue weighted by Crippen LogP contribution is 2.12. The van der Waals surface area contributed by atoms with Gasteiger partial charge in [-0.15, -0.1) is 11.8 Å². The number of thioether (sulfide) groups is 1. The third-order valence-electron chi connectivity index (χ3n) is 2.05. The molecule has 3 N–H and O–H groups in total. The summed E-state index contributed by atoms with van der Waals surface area (Å²) in [5.74, 6) is 1.43. The van der Waals surface area contributed by atoms with Gasteiger partial charge in [-0.1, -0.05) is 29.8 Å². The third-order valence-corrected chi connectivity index (χ3v) is 3.05. The Morgan fingerprint density at radius 3 is 3.00 bits per heavy atom. The Kier molecular flexibility index (Phi) is 5.96. The lowest BCUT2D eigenvalue weighted by Gasteiger charge is -2.04. The van der Waals surface area contributed by atoms with Crippen molar-refractivity contribution in [3.05, 3.63) is 35.4 Å². The van der Waals surface area contributed by atoms with Crippen LogP contribution in [-0.4, -0.2) is 24.7 Å². The summed E-state index contributed by atoms with van der Waals surface area (Å²) in [5, 5.41) is 2.75. The number of hydrogen-bond donors (Lipinski definition) is 2. The normalized spacial score (nSPS) is 10.1. The van der Waals surface area contributed by atoms with Gasteiger partial charge in [0.2, 0.25) is 5.91 Å². The standard InChI is InChI=1S/C12H18N2OS/c1-10-3-2-4-11(7-10)8-16-9-12(15)14-6-5-13/h2-4,7H,5-6,8-9,13H2,1H3,(H,14,15). The van der Waals surface area contributed by atoms with Crippen LogP contribution in [0.2, 0.25) is 0 Å². The molecule has 16 heavy (non-hydrogen) atoms. The molecule has 0 unspecified atom stereocenters. The SMILES string of the molecule is Cc1cccc(CSCC(=O)NCCN)c1. The molecule has 1 aromatic rings. The van der Waals surface area contributed by atoms with Crippen LogP contribution in [0.1, 0.15) is 11.1 Å². The zero-order chi connectivity index (χ0) is 11.8. The number of nitrogens with two attached hydrogens (primary N) is 1. The van der Waals surface area contributed by atoms with Crippen LogP contribution in [0.4, 0.5) is 0 Å². The van der Waals surface area contributed by atoms with Crippen molar-refractivity contribution >= 4 is 17.7 Å². The van der Waals surface area contributed by atoms with Gasteiger partial charge in [0.15, 0.2) is 0 Å². The lowest BCUT2D eigenvalue weighted by molar-refractivity contribution is -0.118. The van der Waals surface area contributed by atoms with Gasteiger partial charge in [0.05, 0.1) is 5.75 Å². The predicted molar refractivity (Wildman–Crippen MR) is 69.4 cm³/mol. The van der Waals surface area contributed by atoms with Crippen LogP contribution < -0.4 is 11.1 Å². The second-order valence-electron chi connectivity index (χ2n) is 3.62. The molecule has 0 bridgehead atoms. The van der Waals surface area contributed by atoms with Gasteiger partial charge in [0.1, 0.15) is 0 Å². The maximum absolute atomic E-state index is 11.3. The number of aryl methyl sites for hydroxylation is 1. The predicted octanol–water partition coefficient (Wildman–Crippen LogP) is 1.30. The van der Waals surface area contributed by atoms with Gasteiger partial charge >= 0.3 is 0 Å². The summed E-state index contributed by atoms with van der Waals surface area (Å²) in [6.07, 6.45) is 0. The smallest absolute Gasteiger partial charge is 0.230 e. The van der Waals surface area contributed by atoms with Gasteiger partial charge < -0.3 is 11.1 Å². The van der Waals surface area contributed by atoms with Crippen molar-refractivity contribution in [3.8, 4) is 0 Å². The molecule has 0 heterocycles. The second kappa shape index (κ2) is 7.30. The molecule has 0 spiro atoms. The monoisotopic (exact) mass is 238 g/mol. The first kappa shape index (κ1) is 13.1. The van der Waals surface area contributed by atoms with E-state index in [4.69, 9.17) is 5.73 Å². The Balaban J connectivity index is 2.22. The van der Waals surface area contributed by atoms with Crippen LogP contribution in [-0.2, 0) is 10.5 Å². The summed E-state index contributed by atoms with van der Waals surface area (Å²) in [6, 6.07) is 8.34. The number of amides is 1. The largest absolute Gasteiger partial charge is 0.354 e. The number of carbonyl (C=O) groups excluding carboxylic acids is 1. The molecule has 0 aliphatic carbocycles. The van der Waals surface area contributed by atoms with E-state index in [2.05, 4.69) is 30.4 Å². The summed E-state index contributed by atoms with van der Waals surface area (Å²) < 4.78 is 0. The van der Waals surface area contributed by atoms with Crippen LogP contribution in [0, 0.1) is 6.92 Å². The summed E-state index contributed by atoms with van der Waals surface area (Å²) in [6.45, 7) is 3.13. The molecule has 0 saturated heterocycles. The minimum Gasteiger partial charge on any atom is -0.354 e. The van der Waals surface area contributed by atoms with E-state index in [1.807, 2.05) is 6.07 Å². The molecule has 0 aromatic heterocycles. The summed E-state index contributed by atoms with van der Waals surface area (Å²) in [4.78, 5) is 11.3. The lowest BCUT2D eigenvalue weighted by atomic mass is 10.2. The average molecular weight is 238 g/mol. The van der Waals surface area contributed by atoms with E-state index in [1.165, 1.54) is 11.1 Å². The second-order valence-corrected chi connectivity index (χ2v) is 4.61. The van der Waals surface area contributed by atoms with E-state index in [9.17, 15) is 4.79 Å². The van der Waals surface area contributed by atoms with Crippen molar-refractivity contribution in [1.82, 2.24) is 5.32 Å². The fourth-order valence-corrected chi connectivity index (χ4v) is 2.13. The maximum atomic E-state index is 11.3. The first-order chi connectivity index (χ1) is 7.72. The number of hydrogen-bond acceptors (Lipinski definition) is 3. The van der Waals surface area contributed by atoms with Crippen molar-refractivity contribution in [2.24, 2.45) is 5.73 Å². The zero-order valence-electron chi connectivity index (χ0n) is 9.53. The average Bonchev–Trinajstić information content (AvgIpc) is 2.26.